The van der Waals surface area contributed by atoms with Gasteiger partial charge in [-0.2, -0.15) is 4.31 Å². The maximum absolute atomic E-state index is 12.6. The highest BCUT2D eigenvalue weighted by Gasteiger charge is 2.31. The molecule has 1 heterocycles. The summed E-state index contributed by atoms with van der Waals surface area (Å²) in [6.07, 6.45) is 3.42. The summed E-state index contributed by atoms with van der Waals surface area (Å²) in [7, 11) is -3.30. The average molecular weight is 316 g/mol. The maximum Gasteiger partial charge on any atom is 0.243 e. The summed E-state index contributed by atoms with van der Waals surface area (Å²) in [5, 5.41) is 5.08. The molecule has 1 fully saturated rings. The van der Waals surface area contributed by atoms with Crippen molar-refractivity contribution in [1.82, 2.24) is 9.62 Å². The molecule has 0 amide bonds. The van der Waals surface area contributed by atoms with E-state index in [4.69, 9.17) is 0 Å². The molecule has 0 aliphatic heterocycles. The second kappa shape index (κ2) is 7.02. The number of thiophene rings is 1. The number of rotatable bonds is 9. The Balaban J connectivity index is 2.03. The predicted octanol–water partition coefficient (Wildman–Crippen LogP) is 2.67. The molecule has 1 N–H and O–H groups in total. The van der Waals surface area contributed by atoms with E-state index in [1.807, 2.05) is 13.0 Å². The van der Waals surface area contributed by atoms with Crippen molar-refractivity contribution in [1.29, 1.82) is 0 Å². The molecule has 114 valence electrons. The monoisotopic (exact) mass is 316 g/mol. The third-order valence-electron chi connectivity index (χ3n) is 3.50. The summed E-state index contributed by atoms with van der Waals surface area (Å²) in [5.41, 5.74) is 0. The molecule has 1 aromatic heterocycles. The fraction of sp³-hybridized carbons (Fsp3) is 0.714. The van der Waals surface area contributed by atoms with E-state index in [1.54, 1.807) is 9.69 Å². The minimum atomic E-state index is -3.30. The molecule has 0 atom stereocenters. The Kier molecular flexibility index (Phi) is 5.60. The fourth-order valence-corrected chi connectivity index (χ4v) is 4.87. The van der Waals surface area contributed by atoms with Gasteiger partial charge in [0.2, 0.25) is 10.0 Å². The van der Waals surface area contributed by atoms with Gasteiger partial charge in [0, 0.05) is 29.9 Å². The Bertz CT molecular complexity index is 521. The smallest absolute Gasteiger partial charge is 0.243 e. The first-order valence-corrected chi connectivity index (χ1v) is 9.68. The zero-order chi connectivity index (χ0) is 14.6. The van der Waals surface area contributed by atoms with E-state index in [9.17, 15) is 8.42 Å². The van der Waals surface area contributed by atoms with Crippen molar-refractivity contribution >= 4 is 21.4 Å². The van der Waals surface area contributed by atoms with Gasteiger partial charge >= 0.3 is 0 Å². The quantitative estimate of drug-likeness (QED) is 0.713. The minimum absolute atomic E-state index is 0.457. The third-order valence-corrected chi connectivity index (χ3v) is 6.51. The Morgan fingerprint density at radius 1 is 1.40 bits per heavy atom. The normalized spacial score (nSPS) is 15.9. The van der Waals surface area contributed by atoms with Gasteiger partial charge in [0.1, 0.15) is 0 Å². The molecule has 6 heteroatoms. The number of hydrogen-bond donors (Lipinski definition) is 1. The van der Waals surface area contributed by atoms with E-state index in [-0.39, 0.29) is 0 Å². The van der Waals surface area contributed by atoms with Crippen molar-refractivity contribution in [2.45, 2.75) is 44.6 Å². The van der Waals surface area contributed by atoms with Crippen LogP contribution in [0.3, 0.4) is 0 Å². The molecule has 0 aromatic carbocycles. The van der Waals surface area contributed by atoms with Crippen LogP contribution in [0.1, 0.15) is 38.0 Å². The molecule has 20 heavy (non-hydrogen) atoms. The zero-order valence-electron chi connectivity index (χ0n) is 12.3. The van der Waals surface area contributed by atoms with Crippen molar-refractivity contribution in [3.8, 4) is 0 Å². The third kappa shape index (κ3) is 4.04. The second-order valence-corrected chi connectivity index (χ2v) is 8.26. The Morgan fingerprint density at radius 2 is 2.15 bits per heavy atom. The predicted molar refractivity (Wildman–Crippen MR) is 83.5 cm³/mol. The molecule has 0 bridgehead atoms. The van der Waals surface area contributed by atoms with Crippen molar-refractivity contribution in [2.75, 3.05) is 19.6 Å². The summed E-state index contributed by atoms with van der Waals surface area (Å²) < 4.78 is 26.8. The van der Waals surface area contributed by atoms with E-state index < -0.39 is 10.0 Å². The molecular weight excluding hydrogens is 292 g/mol. The standard InChI is InChI=1S/C14H24N2O2S2/c1-3-7-15-9-13-8-14(11-19-13)20(17,18)16(4-2)10-12-5-6-12/h8,11-12,15H,3-7,9-10H2,1-2H3. The Morgan fingerprint density at radius 3 is 2.75 bits per heavy atom. The lowest BCUT2D eigenvalue weighted by atomic mass is 10.4. The van der Waals surface area contributed by atoms with E-state index >= 15 is 0 Å². The summed E-state index contributed by atoms with van der Waals surface area (Å²) in [5.74, 6) is 0.578. The summed E-state index contributed by atoms with van der Waals surface area (Å²) in [6.45, 7) is 6.98. The molecule has 0 unspecified atom stereocenters. The molecular formula is C14H24N2O2S2. The first-order valence-electron chi connectivity index (χ1n) is 7.36. The zero-order valence-corrected chi connectivity index (χ0v) is 13.9. The molecule has 1 saturated carbocycles. The van der Waals surface area contributed by atoms with Gasteiger partial charge in [-0.25, -0.2) is 8.42 Å². The van der Waals surface area contributed by atoms with Gasteiger partial charge in [-0.05, 0) is 37.8 Å². The number of nitrogens with zero attached hydrogens (tertiary/aromatic N) is 1. The highest BCUT2D eigenvalue weighted by atomic mass is 32.2. The van der Waals surface area contributed by atoms with Gasteiger partial charge in [0.05, 0.1) is 4.90 Å². The van der Waals surface area contributed by atoms with Crippen LogP contribution in [0.4, 0.5) is 0 Å². The van der Waals surface area contributed by atoms with Gasteiger partial charge < -0.3 is 5.32 Å². The van der Waals surface area contributed by atoms with Crippen LogP contribution in [0.15, 0.2) is 16.3 Å². The van der Waals surface area contributed by atoms with Gasteiger partial charge in [-0.15, -0.1) is 11.3 Å². The van der Waals surface area contributed by atoms with E-state index in [2.05, 4.69) is 12.2 Å². The molecule has 2 rings (SSSR count). The minimum Gasteiger partial charge on any atom is -0.312 e. The van der Waals surface area contributed by atoms with Gasteiger partial charge in [0.15, 0.2) is 0 Å². The summed E-state index contributed by atoms with van der Waals surface area (Å²) >= 11 is 1.52. The maximum atomic E-state index is 12.6. The summed E-state index contributed by atoms with van der Waals surface area (Å²) in [4.78, 5) is 1.54. The highest BCUT2D eigenvalue weighted by Crippen LogP contribution is 2.32. The topological polar surface area (TPSA) is 49.4 Å². The van der Waals surface area contributed by atoms with E-state index in [0.29, 0.717) is 23.9 Å². The Hall–Kier alpha value is -0.430. The van der Waals surface area contributed by atoms with Crippen molar-refractivity contribution < 1.29 is 8.42 Å². The number of sulfonamides is 1. The second-order valence-electron chi connectivity index (χ2n) is 5.32. The fourth-order valence-electron chi connectivity index (χ4n) is 2.11. The van der Waals surface area contributed by atoms with Crippen LogP contribution in [-0.2, 0) is 16.6 Å². The highest BCUT2D eigenvalue weighted by molar-refractivity contribution is 7.89. The van der Waals surface area contributed by atoms with Crippen molar-refractivity contribution in [3.63, 3.8) is 0 Å². The first-order chi connectivity index (χ1) is 9.57. The van der Waals surface area contributed by atoms with Crippen molar-refractivity contribution in [2.24, 2.45) is 5.92 Å². The lowest BCUT2D eigenvalue weighted by Gasteiger charge is -2.19. The molecule has 1 aromatic rings. The molecule has 4 nitrogen and oxygen atoms in total. The summed E-state index contributed by atoms with van der Waals surface area (Å²) in [6, 6.07) is 1.82. The van der Waals surface area contributed by atoms with E-state index in [0.717, 1.165) is 24.4 Å². The number of nitrogens with one attached hydrogen (secondary N) is 1. The van der Waals surface area contributed by atoms with Crippen LogP contribution in [0.2, 0.25) is 0 Å². The SMILES string of the molecule is CCCNCc1cc(S(=O)(=O)N(CC)CC2CC2)cs1. The van der Waals surface area contributed by atoms with Crippen LogP contribution in [-0.4, -0.2) is 32.4 Å². The van der Waals surface area contributed by atoms with Gasteiger partial charge in [0.25, 0.3) is 0 Å². The molecule has 1 aliphatic rings. The van der Waals surface area contributed by atoms with Gasteiger partial charge in [-0.3, -0.25) is 0 Å². The average Bonchev–Trinajstić information content (AvgIpc) is 3.12. The largest absolute Gasteiger partial charge is 0.312 e. The molecule has 0 spiro atoms. The lowest BCUT2D eigenvalue weighted by molar-refractivity contribution is 0.412. The van der Waals surface area contributed by atoms with Crippen LogP contribution in [0.5, 0.6) is 0 Å². The Labute approximate surface area is 126 Å². The van der Waals surface area contributed by atoms with E-state index in [1.165, 1.54) is 24.2 Å². The molecule has 0 radical (unpaired) electrons. The number of hydrogen-bond acceptors (Lipinski definition) is 4. The van der Waals surface area contributed by atoms with Crippen LogP contribution in [0.25, 0.3) is 0 Å². The first kappa shape index (κ1) is 15.9. The molecule has 1 aliphatic carbocycles. The lowest BCUT2D eigenvalue weighted by Crippen LogP contribution is -2.32. The van der Waals surface area contributed by atoms with Gasteiger partial charge in [-0.1, -0.05) is 13.8 Å². The van der Waals surface area contributed by atoms with Crippen LogP contribution in [0, 0.1) is 5.92 Å². The van der Waals surface area contributed by atoms with Crippen molar-refractivity contribution in [3.05, 3.63) is 16.3 Å². The van der Waals surface area contributed by atoms with Crippen LogP contribution < -0.4 is 5.32 Å². The molecule has 0 saturated heterocycles. The van der Waals surface area contributed by atoms with Crippen LogP contribution >= 0.6 is 11.3 Å².